The zero-order chi connectivity index (χ0) is 13.1. The Labute approximate surface area is 112 Å². The molecule has 5 nitrogen and oxygen atoms in total. The standard InChI is InChI=1S/C11H10ClN3O2S/c1-6(16)13-7-2-3-8-9(4-7)18-11(14-8)15-10(17)5-12/h2-4H,5H2,1H3,(H,13,16)(H,14,15,17). The molecule has 1 heterocycles. The van der Waals surface area contributed by atoms with Crippen LogP contribution in [0, 0.1) is 0 Å². The molecule has 2 amide bonds. The lowest BCUT2D eigenvalue weighted by Gasteiger charge is -1.99. The lowest BCUT2D eigenvalue weighted by atomic mass is 10.3. The summed E-state index contributed by atoms with van der Waals surface area (Å²) >= 11 is 6.73. The number of carbonyl (C=O) groups is 2. The van der Waals surface area contributed by atoms with Gasteiger partial charge in [0.05, 0.1) is 10.2 Å². The molecule has 2 rings (SSSR count). The highest BCUT2D eigenvalue weighted by Gasteiger charge is 2.07. The van der Waals surface area contributed by atoms with Gasteiger partial charge >= 0.3 is 0 Å². The average molecular weight is 284 g/mol. The third-order valence-electron chi connectivity index (χ3n) is 2.08. The van der Waals surface area contributed by atoms with Crippen molar-refractivity contribution in [2.24, 2.45) is 0 Å². The zero-order valence-electron chi connectivity index (χ0n) is 9.49. The van der Waals surface area contributed by atoms with Crippen molar-refractivity contribution in [3.05, 3.63) is 18.2 Å². The number of aromatic nitrogens is 1. The molecule has 0 spiro atoms. The number of halogens is 1. The van der Waals surface area contributed by atoms with Crippen LogP contribution in [-0.4, -0.2) is 22.7 Å². The molecule has 2 N–H and O–H groups in total. The lowest BCUT2D eigenvalue weighted by molar-refractivity contribution is -0.114. The first-order chi connectivity index (χ1) is 8.58. The second-order valence-corrected chi connectivity index (χ2v) is 4.86. The van der Waals surface area contributed by atoms with Crippen molar-refractivity contribution in [2.45, 2.75) is 6.92 Å². The molecule has 0 aliphatic rings. The summed E-state index contributed by atoms with van der Waals surface area (Å²) < 4.78 is 0.881. The van der Waals surface area contributed by atoms with E-state index in [2.05, 4.69) is 15.6 Å². The molecule has 0 radical (unpaired) electrons. The largest absolute Gasteiger partial charge is 0.326 e. The Balaban J connectivity index is 2.27. The van der Waals surface area contributed by atoms with Gasteiger partial charge in [0.25, 0.3) is 0 Å². The van der Waals surface area contributed by atoms with E-state index in [4.69, 9.17) is 11.6 Å². The molecule has 18 heavy (non-hydrogen) atoms. The van der Waals surface area contributed by atoms with E-state index in [1.807, 2.05) is 6.07 Å². The Kier molecular flexibility index (Phi) is 3.78. The number of rotatable bonds is 3. The highest BCUT2D eigenvalue weighted by Crippen LogP contribution is 2.28. The number of alkyl halides is 1. The van der Waals surface area contributed by atoms with E-state index >= 15 is 0 Å². The SMILES string of the molecule is CC(=O)Nc1ccc2nc(NC(=O)CCl)sc2c1. The second-order valence-electron chi connectivity index (χ2n) is 3.56. The summed E-state index contributed by atoms with van der Waals surface area (Å²) in [5.74, 6) is -0.528. The molecule has 0 atom stereocenters. The van der Waals surface area contributed by atoms with Crippen LogP contribution in [0.1, 0.15) is 6.92 Å². The van der Waals surface area contributed by atoms with Crippen LogP contribution in [0.3, 0.4) is 0 Å². The molecule has 2 aromatic rings. The van der Waals surface area contributed by atoms with Crippen LogP contribution in [0.4, 0.5) is 10.8 Å². The summed E-state index contributed by atoms with van der Waals surface area (Å²) in [6.45, 7) is 1.45. The Morgan fingerprint density at radius 3 is 2.83 bits per heavy atom. The Morgan fingerprint density at radius 2 is 2.17 bits per heavy atom. The first kappa shape index (κ1) is 12.8. The fourth-order valence-electron chi connectivity index (χ4n) is 1.41. The molecule has 7 heteroatoms. The van der Waals surface area contributed by atoms with E-state index in [9.17, 15) is 9.59 Å². The van der Waals surface area contributed by atoms with Gasteiger partial charge in [0.1, 0.15) is 5.88 Å². The van der Waals surface area contributed by atoms with Gasteiger partial charge in [-0.25, -0.2) is 4.98 Å². The summed E-state index contributed by atoms with van der Waals surface area (Å²) in [5, 5.41) is 5.78. The molecule has 1 aromatic carbocycles. The van der Waals surface area contributed by atoms with Crippen molar-refractivity contribution in [1.82, 2.24) is 4.98 Å². The maximum atomic E-state index is 11.1. The van der Waals surface area contributed by atoms with Crippen LogP contribution >= 0.6 is 22.9 Å². The molecule has 1 aromatic heterocycles. The highest BCUT2D eigenvalue weighted by atomic mass is 35.5. The van der Waals surface area contributed by atoms with Gasteiger partial charge in [-0.2, -0.15) is 0 Å². The molecule has 0 aliphatic carbocycles. The smallest absolute Gasteiger partial charge is 0.241 e. The fraction of sp³-hybridized carbons (Fsp3) is 0.182. The van der Waals surface area contributed by atoms with Gasteiger partial charge in [-0.3, -0.25) is 9.59 Å². The van der Waals surface area contributed by atoms with Crippen LogP contribution in [0.5, 0.6) is 0 Å². The molecule has 0 aliphatic heterocycles. The molecular formula is C11H10ClN3O2S. The summed E-state index contributed by atoms with van der Waals surface area (Å²) in [7, 11) is 0. The number of benzene rings is 1. The van der Waals surface area contributed by atoms with E-state index in [0.717, 1.165) is 10.2 Å². The maximum absolute atomic E-state index is 11.1. The van der Waals surface area contributed by atoms with Crippen LogP contribution in [-0.2, 0) is 9.59 Å². The number of thiazole rings is 1. The minimum Gasteiger partial charge on any atom is -0.326 e. The molecule has 0 unspecified atom stereocenters. The number of nitrogens with one attached hydrogen (secondary N) is 2. The maximum Gasteiger partial charge on any atom is 0.241 e. The minimum atomic E-state index is -0.294. The van der Waals surface area contributed by atoms with Gasteiger partial charge in [0.15, 0.2) is 5.13 Å². The molecule has 0 saturated heterocycles. The van der Waals surface area contributed by atoms with Gasteiger partial charge in [0.2, 0.25) is 11.8 Å². The van der Waals surface area contributed by atoms with Crippen LogP contribution in [0.15, 0.2) is 18.2 Å². The quantitative estimate of drug-likeness (QED) is 0.850. The Bertz CT molecular complexity index is 611. The van der Waals surface area contributed by atoms with Gasteiger partial charge in [-0.15, -0.1) is 11.6 Å². The minimum absolute atomic E-state index is 0.104. The third-order valence-corrected chi connectivity index (χ3v) is 3.25. The van der Waals surface area contributed by atoms with Gasteiger partial charge in [-0.1, -0.05) is 11.3 Å². The van der Waals surface area contributed by atoms with Gasteiger partial charge < -0.3 is 10.6 Å². The average Bonchev–Trinajstić information content (AvgIpc) is 2.69. The molecule has 0 bridgehead atoms. The molecule has 0 saturated carbocycles. The number of nitrogens with zero attached hydrogens (tertiary/aromatic N) is 1. The van der Waals surface area contributed by atoms with Crippen LogP contribution in [0.25, 0.3) is 10.2 Å². The van der Waals surface area contributed by atoms with E-state index in [0.29, 0.717) is 10.8 Å². The number of amides is 2. The van der Waals surface area contributed by atoms with Gasteiger partial charge in [0, 0.05) is 12.6 Å². The summed E-state index contributed by atoms with van der Waals surface area (Å²) in [6.07, 6.45) is 0. The second kappa shape index (κ2) is 5.32. The van der Waals surface area contributed by atoms with Crippen molar-refractivity contribution in [3.8, 4) is 0 Å². The monoisotopic (exact) mass is 283 g/mol. The number of hydrogen-bond donors (Lipinski definition) is 2. The van der Waals surface area contributed by atoms with Crippen molar-refractivity contribution in [2.75, 3.05) is 16.5 Å². The third kappa shape index (κ3) is 2.96. The van der Waals surface area contributed by atoms with Crippen molar-refractivity contribution < 1.29 is 9.59 Å². The van der Waals surface area contributed by atoms with E-state index in [1.165, 1.54) is 18.3 Å². The highest BCUT2D eigenvalue weighted by molar-refractivity contribution is 7.22. The first-order valence-electron chi connectivity index (χ1n) is 5.12. The van der Waals surface area contributed by atoms with Gasteiger partial charge in [-0.05, 0) is 18.2 Å². The van der Waals surface area contributed by atoms with E-state index < -0.39 is 0 Å². The summed E-state index contributed by atoms with van der Waals surface area (Å²) in [5.41, 5.74) is 1.47. The Hall–Kier alpha value is -1.66. The number of hydrogen-bond acceptors (Lipinski definition) is 4. The topological polar surface area (TPSA) is 71.1 Å². The first-order valence-corrected chi connectivity index (χ1v) is 6.47. The molecule has 94 valence electrons. The normalized spacial score (nSPS) is 10.3. The van der Waals surface area contributed by atoms with Crippen molar-refractivity contribution in [1.29, 1.82) is 0 Å². The lowest BCUT2D eigenvalue weighted by Crippen LogP contribution is -2.11. The molecular weight excluding hydrogens is 274 g/mol. The van der Waals surface area contributed by atoms with Crippen LogP contribution in [0.2, 0.25) is 0 Å². The summed E-state index contributed by atoms with van der Waals surface area (Å²) in [4.78, 5) is 26.3. The summed E-state index contributed by atoms with van der Waals surface area (Å²) in [6, 6.07) is 5.36. The number of fused-ring (bicyclic) bond motifs is 1. The van der Waals surface area contributed by atoms with E-state index in [-0.39, 0.29) is 17.7 Å². The fourth-order valence-corrected chi connectivity index (χ4v) is 2.40. The predicted octanol–water partition coefficient (Wildman–Crippen LogP) is 2.43. The number of carbonyl (C=O) groups excluding carboxylic acids is 2. The zero-order valence-corrected chi connectivity index (χ0v) is 11.1. The predicted molar refractivity (Wildman–Crippen MR) is 73.3 cm³/mol. The van der Waals surface area contributed by atoms with Crippen LogP contribution < -0.4 is 10.6 Å². The van der Waals surface area contributed by atoms with Crippen molar-refractivity contribution >= 4 is 55.8 Å². The Morgan fingerprint density at radius 1 is 1.39 bits per heavy atom. The van der Waals surface area contributed by atoms with E-state index in [1.54, 1.807) is 12.1 Å². The molecule has 0 fully saturated rings. The number of anilines is 2. The van der Waals surface area contributed by atoms with Crippen molar-refractivity contribution in [3.63, 3.8) is 0 Å².